The lowest BCUT2D eigenvalue weighted by Gasteiger charge is -2.63. The van der Waals surface area contributed by atoms with Crippen molar-refractivity contribution in [2.45, 2.75) is 92.6 Å². The minimum atomic E-state index is -2.29. The van der Waals surface area contributed by atoms with Gasteiger partial charge in [-0.25, -0.2) is 0 Å². The maximum atomic E-state index is 15.3. The smallest absolute Gasteiger partial charge is 0.322 e. The predicted octanol–water partition coefficient (Wildman–Crippen LogP) is 1.72. The van der Waals surface area contributed by atoms with Crippen molar-refractivity contribution in [3.8, 4) is 5.75 Å². The highest BCUT2D eigenvalue weighted by Gasteiger charge is 2.78. The number of ether oxygens (including phenoxy) is 2. The van der Waals surface area contributed by atoms with Crippen LogP contribution in [0.3, 0.4) is 0 Å². The summed E-state index contributed by atoms with van der Waals surface area (Å²) in [4.78, 5) is 52.1. The fraction of sp³-hybridized carbons (Fsp3) is 0.592. The minimum absolute atomic E-state index is 0.201. The molecule has 1 aliphatic carbocycles. The van der Waals surface area contributed by atoms with Gasteiger partial charge in [-0.15, -0.1) is 0 Å². The molecule has 6 aliphatic rings. The molecule has 64 heavy (non-hydrogen) atoms. The molecule has 3 fully saturated rings. The van der Waals surface area contributed by atoms with E-state index < -0.39 is 58.1 Å². The van der Waals surface area contributed by atoms with Crippen LogP contribution in [0.15, 0.2) is 48.6 Å². The van der Waals surface area contributed by atoms with Crippen molar-refractivity contribution in [3.63, 3.8) is 0 Å². The van der Waals surface area contributed by atoms with Gasteiger partial charge >= 0.3 is 5.97 Å². The number of aromatic amines is 1. The first kappa shape index (κ1) is 44.8. The van der Waals surface area contributed by atoms with Gasteiger partial charge in [-0.05, 0) is 87.7 Å². The SMILES string of the molecule is CC[C@]12C=CCN3CCC4(c5cc([C@@]6(C(=O)OC)CC7[CH][C@](C)(O)CN(CCc8c6[nH]c6ccccc86)C7)c(OC)cc5N(C)C4[C@@](O)(C(=O)NCCCNCCC(=O)CO)[C@@H]1O)C32. The number of aromatic nitrogens is 1. The monoisotopic (exact) mass is 881 g/mol. The number of amides is 1. The number of methoxy groups -OCH3 is 2. The van der Waals surface area contributed by atoms with Gasteiger partial charge in [0, 0.05) is 104 Å². The lowest BCUT2D eigenvalue weighted by molar-refractivity contribution is -0.203. The van der Waals surface area contributed by atoms with E-state index in [1.165, 1.54) is 7.11 Å². The lowest BCUT2D eigenvalue weighted by atomic mass is 9.47. The number of hydrogen-bond acceptors (Lipinski definition) is 13. The molecule has 10 atom stereocenters. The van der Waals surface area contributed by atoms with Crippen molar-refractivity contribution in [3.05, 3.63) is 77.4 Å². The van der Waals surface area contributed by atoms with Crippen LogP contribution in [-0.2, 0) is 36.4 Å². The summed E-state index contributed by atoms with van der Waals surface area (Å²) in [5.41, 5.74) is -1.94. The normalized spacial score (nSPS) is 35.1. The van der Waals surface area contributed by atoms with Gasteiger partial charge in [0.1, 0.15) is 23.9 Å². The number of carbonyl (C=O) groups is 3. The summed E-state index contributed by atoms with van der Waals surface area (Å²) < 4.78 is 12.3. The molecule has 2 bridgehead atoms. The van der Waals surface area contributed by atoms with E-state index >= 15 is 4.79 Å². The van der Waals surface area contributed by atoms with Crippen LogP contribution in [0.5, 0.6) is 5.75 Å². The van der Waals surface area contributed by atoms with Gasteiger partial charge in [0.2, 0.25) is 0 Å². The number of esters is 1. The number of carbonyl (C=O) groups excluding carboxylic acids is 3. The molecule has 2 aromatic carbocycles. The van der Waals surface area contributed by atoms with E-state index in [0.717, 1.165) is 33.4 Å². The number of rotatable bonds is 13. The number of nitrogens with zero attached hydrogens (tertiary/aromatic N) is 3. The largest absolute Gasteiger partial charge is 0.496 e. The summed E-state index contributed by atoms with van der Waals surface area (Å²) in [5.74, 6) is -1.17. The van der Waals surface area contributed by atoms with Crippen molar-refractivity contribution >= 4 is 34.3 Å². The number of benzene rings is 2. The standard InChI is InChI=1S/C49H65N6O9/c1-6-46-15-9-20-55-22-16-47(40(46)55)34-23-35(38(63-4)24-37(34)53(3)41(47)49(62,42(46)58)43(59)51-18-10-17-50-19-13-31(57)28-56)48(44(60)64-5)26-30-25-45(2,61)29-54(27-30)21-14-33-32-11-7-8-12-36(32)52-39(33)48/h7-9,11-12,15,23-25,30,40-42,50,52,56,58,61-62H,6,10,13-14,16-22,26-29H2,1-5H3,(H,51,59)/t30?,40?,41?,42-,45+,46-,47?,48+,49+/m1/s1. The Bertz CT molecular complexity index is 2350. The Hall–Kier alpha value is -4.35. The van der Waals surface area contributed by atoms with E-state index in [0.29, 0.717) is 82.8 Å². The Morgan fingerprint density at radius 1 is 1.03 bits per heavy atom. The Morgan fingerprint density at radius 3 is 2.58 bits per heavy atom. The molecule has 5 aliphatic heterocycles. The van der Waals surface area contributed by atoms with Crippen LogP contribution in [0, 0.1) is 17.8 Å². The third kappa shape index (κ3) is 6.50. The van der Waals surface area contributed by atoms with Gasteiger partial charge in [-0.2, -0.15) is 0 Å². The first-order valence-corrected chi connectivity index (χ1v) is 23.1. The summed E-state index contributed by atoms with van der Waals surface area (Å²) in [6.07, 6.45) is 7.19. The number of ketones is 1. The topological polar surface area (TPSA) is 200 Å². The number of likely N-dealkylation sites (N-methyl/N-ethyl adjacent to an activating group) is 1. The molecule has 1 aromatic heterocycles. The number of Topliss-reactive ketones (excluding diaryl/α,β-unsaturated/α-hetero) is 1. The van der Waals surface area contributed by atoms with E-state index in [2.05, 4.69) is 37.6 Å². The Morgan fingerprint density at radius 2 is 1.83 bits per heavy atom. The number of aliphatic hydroxyl groups is 4. The van der Waals surface area contributed by atoms with Gasteiger partial charge in [0.15, 0.2) is 11.4 Å². The Balaban J connectivity index is 1.22. The molecule has 3 aromatic rings. The Kier molecular flexibility index (Phi) is 11.6. The van der Waals surface area contributed by atoms with E-state index in [4.69, 9.17) is 14.6 Å². The number of fused-ring (bicyclic) bond motifs is 6. The minimum Gasteiger partial charge on any atom is -0.496 e. The van der Waals surface area contributed by atoms with Crippen molar-refractivity contribution in [1.29, 1.82) is 0 Å². The van der Waals surface area contributed by atoms with E-state index in [1.807, 2.05) is 68.6 Å². The number of aliphatic hydroxyl groups excluding tert-OH is 2. The first-order valence-electron chi connectivity index (χ1n) is 23.1. The molecule has 2 saturated heterocycles. The molecule has 345 valence electrons. The van der Waals surface area contributed by atoms with Crippen LogP contribution in [0.25, 0.3) is 10.9 Å². The fourth-order valence-corrected chi connectivity index (χ4v) is 13.7. The quantitative estimate of drug-likeness (QED) is 0.0745. The zero-order chi connectivity index (χ0) is 45.4. The maximum Gasteiger partial charge on any atom is 0.322 e. The van der Waals surface area contributed by atoms with Crippen LogP contribution in [-0.4, -0.2) is 162 Å². The Labute approximate surface area is 375 Å². The average Bonchev–Trinajstić information content (AvgIpc) is 3.95. The highest BCUT2D eigenvalue weighted by molar-refractivity contribution is 5.95. The van der Waals surface area contributed by atoms with Crippen LogP contribution in [0.1, 0.15) is 68.3 Å². The van der Waals surface area contributed by atoms with Gasteiger partial charge in [0.05, 0.1) is 25.9 Å². The highest BCUT2D eigenvalue weighted by Crippen LogP contribution is 2.67. The number of piperidine rings is 1. The van der Waals surface area contributed by atoms with Crippen molar-refractivity contribution < 1.29 is 44.3 Å². The molecule has 5 unspecified atom stereocenters. The van der Waals surface area contributed by atoms with Gasteiger partial charge in [-0.1, -0.05) is 37.3 Å². The summed E-state index contributed by atoms with van der Waals surface area (Å²) in [6.45, 7) is 7.54. The van der Waals surface area contributed by atoms with E-state index in [-0.39, 0.29) is 37.1 Å². The average molecular weight is 882 g/mol. The van der Waals surface area contributed by atoms with Gasteiger partial charge in [-0.3, -0.25) is 24.2 Å². The summed E-state index contributed by atoms with van der Waals surface area (Å²) in [5, 5.41) is 54.1. The molecule has 1 spiro atoms. The lowest BCUT2D eigenvalue weighted by Crippen LogP contribution is -2.81. The first-order chi connectivity index (χ1) is 30.7. The maximum absolute atomic E-state index is 15.3. The molecule has 7 N–H and O–H groups in total. The molecule has 1 saturated carbocycles. The summed E-state index contributed by atoms with van der Waals surface area (Å²) in [7, 11) is 4.89. The number of para-hydroxylation sites is 1. The van der Waals surface area contributed by atoms with E-state index in [1.54, 1.807) is 7.11 Å². The molecular formula is C49H65N6O9. The molecule has 15 nitrogen and oxygen atoms in total. The van der Waals surface area contributed by atoms with Crippen LogP contribution in [0.2, 0.25) is 0 Å². The fourth-order valence-electron chi connectivity index (χ4n) is 13.7. The van der Waals surface area contributed by atoms with E-state index in [9.17, 15) is 24.9 Å². The predicted molar refractivity (Wildman–Crippen MR) is 241 cm³/mol. The van der Waals surface area contributed by atoms with Crippen molar-refractivity contribution in [2.75, 3.05) is 85.1 Å². The third-order valence-electron chi connectivity index (χ3n) is 16.0. The van der Waals surface area contributed by atoms with Gasteiger partial charge < -0.3 is 50.4 Å². The second kappa shape index (κ2) is 16.5. The van der Waals surface area contributed by atoms with Crippen molar-refractivity contribution in [1.82, 2.24) is 25.4 Å². The zero-order valence-electron chi connectivity index (χ0n) is 37.8. The molecule has 1 radical (unpaired) electrons. The van der Waals surface area contributed by atoms with Crippen molar-refractivity contribution in [2.24, 2.45) is 11.3 Å². The summed E-state index contributed by atoms with van der Waals surface area (Å²) in [6, 6.07) is 10.9. The number of anilines is 1. The number of hydrogen-bond donors (Lipinski definition) is 7. The summed E-state index contributed by atoms with van der Waals surface area (Å²) >= 11 is 0. The molecule has 1 amide bonds. The van der Waals surface area contributed by atoms with Crippen LogP contribution in [0.4, 0.5) is 5.69 Å². The second-order valence-corrected chi connectivity index (χ2v) is 19.6. The van der Waals surface area contributed by atoms with Gasteiger partial charge in [0.25, 0.3) is 5.91 Å². The molecule has 6 heterocycles. The third-order valence-corrected chi connectivity index (χ3v) is 16.0. The molecular weight excluding hydrogens is 817 g/mol. The zero-order valence-corrected chi connectivity index (χ0v) is 37.8. The molecule has 15 heteroatoms. The molecule has 9 rings (SSSR count). The van der Waals surface area contributed by atoms with Crippen LogP contribution < -0.4 is 20.3 Å². The number of H-pyrrole nitrogens is 1. The second-order valence-electron chi connectivity index (χ2n) is 19.6. The number of nitrogens with one attached hydrogen (secondary N) is 3. The van der Waals surface area contributed by atoms with Crippen LogP contribution >= 0.6 is 0 Å². The highest BCUT2D eigenvalue weighted by atomic mass is 16.5.